The van der Waals surface area contributed by atoms with E-state index in [-0.39, 0.29) is 11.6 Å². The average Bonchev–Trinajstić information content (AvgIpc) is 2.34. The number of nitriles is 1. The molecule has 5 heteroatoms. The fraction of sp³-hybridized carbons (Fsp3) is 0.0833. The van der Waals surface area contributed by atoms with E-state index < -0.39 is 0 Å². The molecule has 4 nitrogen and oxygen atoms in total. The number of para-hydroxylation sites is 1. The van der Waals surface area contributed by atoms with E-state index in [1.807, 2.05) is 6.07 Å². The van der Waals surface area contributed by atoms with Gasteiger partial charge in [-0.25, -0.2) is 4.39 Å². The van der Waals surface area contributed by atoms with Crippen molar-refractivity contribution in [3.63, 3.8) is 0 Å². The van der Waals surface area contributed by atoms with Crippen molar-refractivity contribution in [2.45, 2.75) is 6.92 Å². The molecule has 1 aromatic heterocycles. The Kier molecular flexibility index (Phi) is 2.97. The molecule has 0 radical (unpaired) electrons. The van der Waals surface area contributed by atoms with Crippen LogP contribution in [-0.2, 0) is 0 Å². The van der Waals surface area contributed by atoms with Crippen molar-refractivity contribution in [2.75, 3.05) is 5.32 Å². The van der Waals surface area contributed by atoms with Gasteiger partial charge in [-0.1, -0.05) is 12.1 Å². The first-order valence-corrected chi connectivity index (χ1v) is 4.96. The molecule has 0 aliphatic heterocycles. The fourth-order valence-corrected chi connectivity index (χ4v) is 1.42. The predicted octanol–water partition coefficient (Wildman–Crippen LogP) is 2.54. The molecule has 2 aromatic rings. The highest BCUT2D eigenvalue weighted by Gasteiger charge is 2.09. The second kappa shape index (κ2) is 4.58. The largest absolute Gasteiger partial charge is 0.335 e. The van der Waals surface area contributed by atoms with Crippen LogP contribution in [0.1, 0.15) is 11.1 Å². The van der Waals surface area contributed by atoms with Gasteiger partial charge < -0.3 is 5.32 Å². The van der Waals surface area contributed by atoms with Gasteiger partial charge in [0.25, 0.3) is 0 Å². The second-order valence-electron chi connectivity index (χ2n) is 3.46. The van der Waals surface area contributed by atoms with Crippen molar-refractivity contribution in [3.8, 4) is 6.07 Å². The maximum absolute atomic E-state index is 13.6. The first-order valence-electron chi connectivity index (χ1n) is 4.96. The molecule has 17 heavy (non-hydrogen) atoms. The zero-order valence-electron chi connectivity index (χ0n) is 9.11. The zero-order chi connectivity index (χ0) is 12.3. The van der Waals surface area contributed by atoms with E-state index in [9.17, 15) is 4.39 Å². The molecule has 1 heterocycles. The van der Waals surface area contributed by atoms with Crippen molar-refractivity contribution in [3.05, 3.63) is 47.4 Å². The molecule has 84 valence electrons. The second-order valence-corrected chi connectivity index (χ2v) is 3.46. The summed E-state index contributed by atoms with van der Waals surface area (Å²) in [4.78, 5) is 0. The highest BCUT2D eigenvalue weighted by Crippen LogP contribution is 2.23. The van der Waals surface area contributed by atoms with Gasteiger partial charge in [0.1, 0.15) is 11.9 Å². The third-order valence-corrected chi connectivity index (χ3v) is 2.31. The van der Waals surface area contributed by atoms with Gasteiger partial charge in [-0.3, -0.25) is 0 Å². The third kappa shape index (κ3) is 2.21. The number of halogens is 1. The van der Waals surface area contributed by atoms with Crippen molar-refractivity contribution in [1.82, 2.24) is 10.2 Å². The molecular weight excluding hydrogens is 219 g/mol. The first-order chi connectivity index (χ1) is 8.22. The maximum Gasteiger partial charge on any atom is 0.171 e. The van der Waals surface area contributed by atoms with Gasteiger partial charge >= 0.3 is 0 Å². The van der Waals surface area contributed by atoms with Crippen molar-refractivity contribution >= 4 is 11.5 Å². The van der Waals surface area contributed by atoms with E-state index in [4.69, 9.17) is 5.26 Å². The number of hydrogen-bond acceptors (Lipinski definition) is 4. The van der Waals surface area contributed by atoms with Crippen LogP contribution in [0.3, 0.4) is 0 Å². The minimum atomic E-state index is -0.389. The molecule has 0 aliphatic carbocycles. The molecule has 0 amide bonds. The highest BCUT2D eigenvalue weighted by atomic mass is 19.1. The lowest BCUT2D eigenvalue weighted by molar-refractivity contribution is 0.630. The van der Waals surface area contributed by atoms with E-state index in [1.165, 1.54) is 18.3 Å². The van der Waals surface area contributed by atoms with Crippen LogP contribution in [0.25, 0.3) is 0 Å². The molecule has 0 unspecified atom stereocenters. The lowest BCUT2D eigenvalue weighted by Crippen LogP contribution is -2.01. The van der Waals surface area contributed by atoms with Gasteiger partial charge in [0, 0.05) is 0 Å². The zero-order valence-corrected chi connectivity index (χ0v) is 9.11. The van der Waals surface area contributed by atoms with Crippen molar-refractivity contribution in [1.29, 1.82) is 5.26 Å². The van der Waals surface area contributed by atoms with Crippen LogP contribution in [-0.4, -0.2) is 10.2 Å². The number of hydrogen-bond donors (Lipinski definition) is 1. The Morgan fingerprint density at radius 1 is 1.35 bits per heavy atom. The summed E-state index contributed by atoms with van der Waals surface area (Å²) >= 11 is 0. The Morgan fingerprint density at radius 2 is 2.18 bits per heavy atom. The highest BCUT2D eigenvalue weighted by molar-refractivity contribution is 5.65. The summed E-state index contributed by atoms with van der Waals surface area (Å²) in [5.74, 6) is -0.136. The van der Waals surface area contributed by atoms with E-state index in [0.717, 1.165) is 5.56 Å². The Morgan fingerprint density at radius 3 is 2.88 bits per heavy atom. The number of anilines is 2. The first kappa shape index (κ1) is 11.0. The number of nitrogens with one attached hydrogen (secondary N) is 1. The lowest BCUT2D eigenvalue weighted by atomic mass is 10.2. The lowest BCUT2D eigenvalue weighted by Gasteiger charge is -2.09. The molecule has 1 N–H and O–H groups in total. The summed E-state index contributed by atoms with van der Waals surface area (Å²) in [6.07, 6.45) is 1.41. The van der Waals surface area contributed by atoms with E-state index in [2.05, 4.69) is 15.5 Å². The van der Waals surface area contributed by atoms with Crippen LogP contribution in [0, 0.1) is 24.1 Å². The van der Waals surface area contributed by atoms with Crippen LogP contribution in [0.5, 0.6) is 0 Å². The minimum Gasteiger partial charge on any atom is -0.335 e. The van der Waals surface area contributed by atoms with Gasteiger partial charge in [0.05, 0.1) is 17.4 Å². The van der Waals surface area contributed by atoms with Crippen LogP contribution in [0.15, 0.2) is 30.5 Å². The predicted molar refractivity (Wildman–Crippen MR) is 61.2 cm³/mol. The van der Waals surface area contributed by atoms with Crippen LogP contribution in [0.2, 0.25) is 0 Å². The third-order valence-electron chi connectivity index (χ3n) is 2.31. The quantitative estimate of drug-likeness (QED) is 0.857. The fourth-order valence-electron chi connectivity index (χ4n) is 1.42. The maximum atomic E-state index is 13.6. The number of nitrogens with zero attached hydrogens (tertiary/aromatic N) is 3. The van der Waals surface area contributed by atoms with Gasteiger partial charge in [-0.15, -0.1) is 5.10 Å². The SMILES string of the molecule is Cc1cccc(F)c1Nc1nnccc1C#N. The molecule has 2 rings (SSSR count). The molecule has 0 saturated heterocycles. The van der Waals surface area contributed by atoms with Crippen molar-refractivity contribution < 1.29 is 4.39 Å². The standard InChI is InChI=1S/C12H9FN4/c1-8-3-2-4-10(13)11(8)16-12-9(7-14)5-6-15-17-12/h2-6H,1H3,(H,16,17). The number of benzene rings is 1. The van der Waals surface area contributed by atoms with Gasteiger partial charge in [0.15, 0.2) is 5.82 Å². The molecule has 1 aromatic carbocycles. The minimum absolute atomic E-state index is 0.253. The molecule has 0 atom stereocenters. The van der Waals surface area contributed by atoms with E-state index in [0.29, 0.717) is 11.3 Å². The van der Waals surface area contributed by atoms with Crippen molar-refractivity contribution in [2.24, 2.45) is 0 Å². The topological polar surface area (TPSA) is 61.6 Å². The number of aromatic nitrogens is 2. The van der Waals surface area contributed by atoms with Gasteiger partial charge in [-0.2, -0.15) is 10.4 Å². The molecule has 0 fully saturated rings. The monoisotopic (exact) mass is 228 g/mol. The molecule has 0 spiro atoms. The normalized spacial score (nSPS) is 9.71. The number of rotatable bonds is 2. The van der Waals surface area contributed by atoms with Gasteiger partial charge in [-0.05, 0) is 24.6 Å². The van der Waals surface area contributed by atoms with Crippen LogP contribution < -0.4 is 5.32 Å². The average molecular weight is 228 g/mol. The summed E-state index contributed by atoms with van der Waals surface area (Å²) in [6.45, 7) is 1.77. The van der Waals surface area contributed by atoms with E-state index >= 15 is 0 Å². The summed E-state index contributed by atoms with van der Waals surface area (Å²) in [7, 11) is 0. The summed E-state index contributed by atoms with van der Waals surface area (Å²) < 4.78 is 13.6. The Labute approximate surface area is 97.7 Å². The summed E-state index contributed by atoms with van der Waals surface area (Å²) in [5.41, 5.74) is 1.37. The Balaban J connectivity index is 2.42. The smallest absolute Gasteiger partial charge is 0.171 e. The van der Waals surface area contributed by atoms with Gasteiger partial charge in [0.2, 0.25) is 0 Å². The Hall–Kier alpha value is -2.48. The molecule has 0 saturated carbocycles. The van der Waals surface area contributed by atoms with Crippen LogP contribution in [0.4, 0.5) is 15.9 Å². The molecule has 0 bridgehead atoms. The molecular formula is C12H9FN4. The molecule has 0 aliphatic rings. The Bertz CT molecular complexity index is 569. The summed E-state index contributed by atoms with van der Waals surface area (Å²) in [6, 6.07) is 8.23. The van der Waals surface area contributed by atoms with E-state index in [1.54, 1.807) is 19.1 Å². The number of aryl methyl sites for hydroxylation is 1. The summed E-state index contributed by atoms with van der Waals surface area (Å²) in [5, 5.41) is 19.1. The van der Waals surface area contributed by atoms with Crippen LogP contribution >= 0.6 is 0 Å².